The maximum absolute atomic E-state index is 14.7. The normalized spacial score (nSPS) is 14.4. The predicted molar refractivity (Wildman–Crippen MR) is 207 cm³/mol. The van der Waals surface area contributed by atoms with E-state index in [0.29, 0.717) is 47.5 Å². The fourth-order valence-corrected chi connectivity index (χ4v) is 7.73. The number of nitrogens with zero attached hydrogens (tertiary/aromatic N) is 6. The summed E-state index contributed by atoms with van der Waals surface area (Å²) in [7, 11) is 1.10. The van der Waals surface area contributed by atoms with E-state index in [0.717, 1.165) is 25.2 Å². The lowest BCUT2D eigenvalue weighted by molar-refractivity contribution is -0.185. The zero-order valence-corrected chi connectivity index (χ0v) is 33.0. The van der Waals surface area contributed by atoms with Crippen molar-refractivity contribution in [2.45, 2.75) is 76.6 Å². The Balaban J connectivity index is 1.29. The summed E-state index contributed by atoms with van der Waals surface area (Å²) in [5, 5.41) is 0.140. The van der Waals surface area contributed by atoms with Gasteiger partial charge in [-0.1, -0.05) is 48.5 Å². The summed E-state index contributed by atoms with van der Waals surface area (Å²) in [5.41, 5.74) is -0.147. The summed E-state index contributed by atoms with van der Waals surface area (Å²) in [5.74, 6) is -4.30. The fourth-order valence-electron chi connectivity index (χ4n) is 7.73. The minimum Gasteiger partial charge on any atom is -0.336 e. The zero-order valence-electron chi connectivity index (χ0n) is 33.0. The Kier molecular flexibility index (Phi) is 12.8. The molecular weight excluding hydrogens is 800 g/mol. The number of carbonyl (C=O) groups excluding carboxylic acids is 2. The minimum atomic E-state index is -5.02. The van der Waals surface area contributed by atoms with Crippen LogP contribution in [0.3, 0.4) is 0 Å². The number of aryl methyl sites for hydroxylation is 2. The Morgan fingerprint density at radius 3 is 2.08 bits per heavy atom. The summed E-state index contributed by atoms with van der Waals surface area (Å²) >= 11 is 0. The Morgan fingerprint density at radius 2 is 1.47 bits per heavy atom. The maximum atomic E-state index is 14.7. The topological polar surface area (TPSA) is 91.6 Å². The molecule has 6 rings (SSSR count). The number of carbonyl (C=O) groups is 2. The van der Waals surface area contributed by atoms with Gasteiger partial charge in [0, 0.05) is 57.4 Å². The van der Waals surface area contributed by atoms with Crippen LogP contribution in [0, 0.1) is 11.6 Å². The van der Waals surface area contributed by atoms with Gasteiger partial charge in [-0.3, -0.25) is 19.3 Å². The van der Waals surface area contributed by atoms with Crippen LogP contribution in [-0.4, -0.2) is 85.5 Å². The second kappa shape index (κ2) is 17.5. The number of halogens is 8. The van der Waals surface area contributed by atoms with Gasteiger partial charge in [0.25, 0.3) is 5.56 Å². The van der Waals surface area contributed by atoms with Crippen LogP contribution in [0.15, 0.2) is 89.9 Å². The number of rotatable bonds is 12. The van der Waals surface area contributed by atoms with Crippen molar-refractivity contribution < 1.29 is 44.7 Å². The van der Waals surface area contributed by atoms with Crippen molar-refractivity contribution in [3.05, 3.63) is 130 Å². The SMILES string of the molecule is CN(CC(C)(C)N1CCC(N(Cc2ccc(-c3ccc(C(F)(F)F)cc3)cc2)C(=O)Cn2c(CCc3cccc(F)c3F)nc(=O)c3cccnc32)CC1)C(=O)C(F)(F)F. The molecule has 0 atom stereocenters. The maximum Gasteiger partial charge on any atom is 0.471 e. The largest absolute Gasteiger partial charge is 0.471 e. The highest BCUT2D eigenvalue weighted by Crippen LogP contribution is 2.32. The molecule has 318 valence electrons. The van der Waals surface area contributed by atoms with Gasteiger partial charge in [-0.15, -0.1) is 0 Å². The van der Waals surface area contributed by atoms with Crippen LogP contribution in [0.4, 0.5) is 35.1 Å². The third kappa shape index (κ3) is 10.00. The molecule has 60 heavy (non-hydrogen) atoms. The molecule has 5 aromatic rings. The second-order valence-corrected chi connectivity index (χ2v) is 15.5. The van der Waals surface area contributed by atoms with E-state index in [2.05, 4.69) is 9.97 Å². The summed E-state index contributed by atoms with van der Waals surface area (Å²) in [6, 6.07) is 18.2. The molecule has 0 bridgehead atoms. The monoisotopic (exact) mass is 842 g/mol. The summed E-state index contributed by atoms with van der Waals surface area (Å²) in [6.07, 6.45) is -7.33. The van der Waals surface area contributed by atoms with Gasteiger partial charge in [0.1, 0.15) is 18.0 Å². The number of fused-ring (bicyclic) bond motifs is 1. The molecule has 9 nitrogen and oxygen atoms in total. The Morgan fingerprint density at radius 1 is 0.833 bits per heavy atom. The van der Waals surface area contributed by atoms with Gasteiger partial charge in [-0.05, 0) is 85.7 Å². The van der Waals surface area contributed by atoms with Crippen LogP contribution < -0.4 is 5.56 Å². The number of likely N-dealkylation sites (N-methyl/N-ethyl adjacent to an activating group) is 1. The van der Waals surface area contributed by atoms with Crippen LogP contribution >= 0.6 is 0 Å². The number of amides is 2. The lowest BCUT2D eigenvalue weighted by atomic mass is 9.94. The van der Waals surface area contributed by atoms with Crippen LogP contribution in [0.5, 0.6) is 0 Å². The van der Waals surface area contributed by atoms with Gasteiger partial charge >= 0.3 is 18.3 Å². The molecule has 0 unspecified atom stereocenters. The van der Waals surface area contributed by atoms with Gasteiger partial charge in [0.15, 0.2) is 11.6 Å². The smallest absolute Gasteiger partial charge is 0.336 e. The van der Waals surface area contributed by atoms with Gasteiger partial charge in [0.2, 0.25) is 5.91 Å². The lowest BCUT2D eigenvalue weighted by Gasteiger charge is -2.46. The number of piperidine rings is 1. The molecule has 0 spiro atoms. The molecule has 1 fully saturated rings. The Labute approximate surface area is 340 Å². The fraction of sp³-hybridized carbons (Fsp3) is 0.372. The number of hydrogen-bond donors (Lipinski definition) is 0. The van der Waals surface area contributed by atoms with E-state index < -0.39 is 52.5 Å². The van der Waals surface area contributed by atoms with Crippen molar-refractivity contribution in [3.63, 3.8) is 0 Å². The molecule has 0 radical (unpaired) electrons. The lowest BCUT2D eigenvalue weighted by Crippen LogP contribution is -2.58. The average molecular weight is 843 g/mol. The quantitative estimate of drug-likeness (QED) is 0.119. The summed E-state index contributed by atoms with van der Waals surface area (Å²) in [6.45, 7) is 3.77. The van der Waals surface area contributed by atoms with Crippen molar-refractivity contribution in [2.75, 3.05) is 26.7 Å². The number of hydrogen-bond acceptors (Lipinski definition) is 6. The van der Waals surface area contributed by atoms with Crippen LogP contribution in [0.1, 0.15) is 49.2 Å². The van der Waals surface area contributed by atoms with E-state index in [1.165, 1.54) is 41.1 Å². The molecule has 0 N–H and O–H groups in total. The predicted octanol–water partition coefficient (Wildman–Crippen LogP) is 7.83. The zero-order chi connectivity index (χ0) is 43.6. The first kappa shape index (κ1) is 43.9. The average Bonchev–Trinajstić information content (AvgIpc) is 3.21. The first-order valence-corrected chi connectivity index (χ1v) is 19.1. The van der Waals surface area contributed by atoms with E-state index >= 15 is 0 Å². The third-order valence-electron chi connectivity index (χ3n) is 10.9. The number of aromatic nitrogens is 3. The third-order valence-corrected chi connectivity index (χ3v) is 10.9. The van der Waals surface area contributed by atoms with Crippen molar-refractivity contribution in [3.8, 4) is 11.1 Å². The molecule has 2 amide bonds. The number of alkyl halides is 6. The molecule has 1 aliphatic rings. The first-order chi connectivity index (χ1) is 28.2. The van der Waals surface area contributed by atoms with E-state index in [9.17, 15) is 49.5 Å². The van der Waals surface area contributed by atoms with Crippen LogP contribution in [-0.2, 0) is 41.7 Å². The minimum absolute atomic E-state index is 0.0421. The van der Waals surface area contributed by atoms with Crippen LogP contribution in [0.25, 0.3) is 22.2 Å². The van der Waals surface area contributed by atoms with Crippen molar-refractivity contribution >= 4 is 22.8 Å². The molecule has 1 saturated heterocycles. The molecule has 1 aliphatic heterocycles. The molecule has 3 heterocycles. The van der Waals surface area contributed by atoms with Gasteiger partial charge < -0.3 is 14.4 Å². The van der Waals surface area contributed by atoms with Crippen molar-refractivity contribution in [2.24, 2.45) is 0 Å². The number of likely N-dealkylation sites (tertiary alicyclic amines) is 1. The second-order valence-electron chi connectivity index (χ2n) is 15.5. The molecule has 0 saturated carbocycles. The highest BCUT2D eigenvalue weighted by molar-refractivity contribution is 5.82. The van der Waals surface area contributed by atoms with Gasteiger partial charge in [0.05, 0.1) is 10.9 Å². The molecule has 17 heteroatoms. The van der Waals surface area contributed by atoms with Crippen molar-refractivity contribution in [1.82, 2.24) is 29.2 Å². The van der Waals surface area contributed by atoms with Gasteiger partial charge in [-0.25, -0.2) is 13.8 Å². The van der Waals surface area contributed by atoms with E-state index in [-0.39, 0.29) is 60.9 Å². The van der Waals surface area contributed by atoms with Crippen molar-refractivity contribution in [1.29, 1.82) is 0 Å². The summed E-state index contributed by atoms with van der Waals surface area (Å²) < 4.78 is 109. The van der Waals surface area contributed by atoms with Gasteiger partial charge in [-0.2, -0.15) is 31.3 Å². The van der Waals surface area contributed by atoms with Crippen LogP contribution in [0.2, 0.25) is 0 Å². The Bertz CT molecular complexity index is 2390. The van der Waals surface area contributed by atoms with E-state index in [4.69, 9.17) is 0 Å². The highest BCUT2D eigenvalue weighted by Gasteiger charge is 2.44. The van der Waals surface area contributed by atoms with E-state index in [1.54, 1.807) is 49.1 Å². The van der Waals surface area contributed by atoms with E-state index in [1.807, 2.05) is 4.90 Å². The first-order valence-electron chi connectivity index (χ1n) is 19.1. The highest BCUT2D eigenvalue weighted by atomic mass is 19.4. The number of benzene rings is 3. The Hall–Kier alpha value is -5.71. The molecule has 2 aromatic heterocycles. The molecule has 0 aliphatic carbocycles. The number of pyridine rings is 1. The summed E-state index contributed by atoms with van der Waals surface area (Å²) in [4.78, 5) is 52.6. The standard InChI is InChI=1S/C43H42F8N6O3/c1-41(2,26-54(3)40(60)43(49,50)51)55-22-19-32(20-23-55)56(24-27-9-11-28(12-10-27)29-13-16-31(17-14-29)42(46,47)48)36(58)25-57-35(18-15-30-6-4-8-34(44)37(30)45)53-39(59)33-7-5-21-52-38(33)57/h4-14,16-17,21,32H,15,18-20,22-26H2,1-3H3. The molecular formula is C43H42F8N6O3. The molecule has 3 aromatic carbocycles.